The van der Waals surface area contributed by atoms with Crippen LogP contribution in [0.3, 0.4) is 0 Å². The molecule has 0 aromatic heterocycles. The molecule has 13 heavy (non-hydrogen) atoms. The minimum atomic E-state index is -0.236. The Morgan fingerprint density at radius 2 is 2.00 bits per heavy atom. The molecule has 0 heterocycles. The molecule has 0 aliphatic rings. The largest absolute Gasteiger partial charge is 0.466 e. The van der Waals surface area contributed by atoms with Crippen LogP contribution in [0.15, 0.2) is 11.6 Å². The van der Waals surface area contributed by atoms with Crippen molar-refractivity contribution < 1.29 is 14.3 Å². The summed E-state index contributed by atoms with van der Waals surface area (Å²) in [6, 6.07) is 0. The van der Waals surface area contributed by atoms with Crippen molar-refractivity contribution in [1.29, 1.82) is 0 Å². The van der Waals surface area contributed by atoms with Crippen molar-refractivity contribution in [2.24, 2.45) is 0 Å². The molecule has 0 aromatic carbocycles. The van der Waals surface area contributed by atoms with E-state index in [-0.39, 0.29) is 5.97 Å². The summed E-state index contributed by atoms with van der Waals surface area (Å²) in [5, 5.41) is 0. The first-order valence-electron chi connectivity index (χ1n) is 4.42. The van der Waals surface area contributed by atoms with E-state index in [9.17, 15) is 9.59 Å². The molecule has 0 amide bonds. The van der Waals surface area contributed by atoms with E-state index in [0.717, 1.165) is 31.1 Å². The molecule has 0 spiro atoms. The van der Waals surface area contributed by atoms with Gasteiger partial charge < -0.3 is 4.74 Å². The zero-order valence-corrected chi connectivity index (χ0v) is 8.21. The van der Waals surface area contributed by atoms with Gasteiger partial charge in [0.25, 0.3) is 0 Å². The maximum atomic E-state index is 10.4. The van der Waals surface area contributed by atoms with Gasteiger partial charge in [-0.2, -0.15) is 0 Å². The monoisotopic (exact) mass is 184 g/mol. The number of ether oxygens (including phenoxy) is 1. The molecule has 3 heteroatoms. The lowest BCUT2D eigenvalue weighted by Crippen LogP contribution is -1.99. The van der Waals surface area contributed by atoms with E-state index < -0.39 is 0 Å². The summed E-state index contributed by atoms with van der Waals surface area (Å²) >= 11 is 0. The molecule has 3 nitrogen and oxygen atoms in total. The molecule has 0 atom stereocenters. The van der Waals surface area contributed by atoms with Gasteiger partial charge in [0, 0.05) is 6.92 Å². The normalized spacial score (nSPS) is 11.1. The van der Waals surface area contributed by atoms with Crippen LogP contribution in [0.5, 0.6) is 0 Å². The van der Waals surface area contributed by atoms with Crippen LogP contribution in [0.25, 0.3) is 0 Å². The summed E-state index contributed by atoms with van der Waals surface area (Å²) in [6.07, 6.45) is 5.39. The number of esters is 1. The van der Waals surface area contributed by atoms with E-state index in [1.54, 1.807) is 6.92 Å². The fraction of sp³-hybridized carbons (Fsp3) is 0.600. The molecule has 0 radical (unpaired) electrons. The minimum absolute atomic E-state index is 0.236. The maximum Gasteiger partial charge on any atom is 0.302 e. The third kappa shape index (κ3) is 8.79. The fourth-order valence-electron chi connectivity index (χ4n) is 0.840. The Morgan fingerprint density at radius 1 is 1.31 bits per heavy atom. The second kappa shape index (κ2) is 7.53. The maximum absolute atomic E-state index is 10.4. The molecule has 0 fully saturated rings. The van der Waals surface area contributed by atoms with Gasteiger partial charge >= 0.3 is 5.97 Å². The Kier molecular flexibility index (Phi) is 6.88. The molecule has 0 N–H and O–H groups in total. The third-order valence-corrected chi connectivity index (χ3v) is 1.56. The van der Waals surface area contributed by atoms with Gasteiger partial charge in [-0.05, 0) is 31.8 Å². The Balaban J connectivity index is 3.26. The number of allylic oxidation sites excluding steroid dienone is 2. The summed E-state index contributed by atoms with van der Waals surface area (Å²) in [5.41, 5.74) is 0.757. The van der Waals surface area contributed by atoms with Crippen molar-refractivity contribution in [3.05, 3.63) is 11.6 Å². The number of carbonyl (C=O) groups excluding carboxylic acids is 2. The van der Waals surface area contributed by atoms with Crippen LogP contribution in [-0.4, -0.2) is 18.9 Å². The second-order valence-corrected chi connectivity index (χ2v) is 2.90. The first kappa shape index (κ1) is 11.9. The first-order valence-corrected chi connectivity index (χ1v) is 4.42. The summed E-state index contributed by atoms with van der Waals surface area (Å²) < 4.78 is 4.75. The minimum Gasteiger partial charge on any atom is -0.466 e. The quantitative estimate of drug-likeness (QED) is 0.274. The van der Waals surface area contributed by atoms with E-state index in [4.69, 9.17) is 4.74 Å². The number of unbranched alkanes of at least 4 members (excludes halogenated alkanes) is 2. The van der Waals surface area contributed by atoms with Crippen molar-refractivity contribution in [2.75, 3.05) is 6.61 Å². The van der Waals surface area contributed by atoms with Gasteiger partial charge in [0.15, 0.2) is 0 Å². The molecule has 0 bridgehead atoms. The van der Waals surface area contributed by atoms with Gasteiger partial charge in [-0.1, -0.05) is 6.08 Å². The molecular formula is C10H16O3. The lowest BCUT2D eigenvalue weighted by Gasteiger charge is -1.99. The van der Waals surface area contributed by atoms with E-state index in [0.29, 0.717) is 6.61 Å². The zero-order valence-electron chi connectivity index (χ0n) is 8.21. The zero-order chi connectivity index (χ0) is 10.1. The van der Waals surface area contributed by atoms with Gasteiger partial charge in [0.05, 0.1) is 6.61 Å². The van der Waals surface area contributed by atoms with Crippen molar-refractivity contribution in [2.45, 2.75) is 33.1 Å². The first-order chi connectivity index (χ1) is 6.16. The lowest BCUT2D eigenvalue weighted by atomic mass is 10.2. The van der Waals surface area contributed by atoms with Crippen LogP contribution in [0.1, 0.15) is 33.1 Å². The Morgan fingerprint density at radius 3 is 2.54 bits per heavy atom. The highest BCUT2D eigenvalue weighted by atomic mass is 16.5. The number of hydrogen-bond donors (Lipinski definition) is 0. The highest BCUT2D eigenvalue weighted by Gasteiger charge is 1.92. The van der Waals surface area contributed by atoms with Crippen LogP contribution < -0.4 is 0 Å². The Bertz CT molecular complexity index is 194. The van der Waals surface area contributed by atoms with E-state index in [2.05, 4.69) is 0 Å². The third-order valence-electron chi connectivity index (χ3n) is 1.56. The van der Waals surface area contributed by atoms with Gasteiger partial charge in [-0.25, -0.2) is 0 Å². The van der Waals surface area contributed by atoms with Crippen LogP contribution in [0, 0.1) is 0 Å². The van der Waals surface area contributed by atoms with Crippen LogP contribution >= 0.6 is 0 Å². The van der Waals surface area contributed by atoms with Crippen LogP contribution in [-0.2, 0) is 14.3 Å². The molecule has 0 aromatic rings. The topological polar surface area (TPSA) is 43.4 Å². The molecule has 0 rings (SSSR count). The van der Waals surface area contributed by atoms with Crippen LogP contribution in [0.4, 0.5) is 0 Å². The van der Waals surface area contributed by atoms with Crippen LogP contribution in [0.2, 0.25) is 0 Å². The number of carbonyl (C=O) groups is 2. The van der Waals surface area contributed by atoms with Crippen molar-refractivity contribution >= 4 is 12.3 Å². The highest BCUT2D eigenvalue weighted by molar-refractivity contribution is 5.71. The number of aldehydes is 1. The highest BCUT2D eigenvalue weighted by Crippen LogP contribution is 1.99. The van der Waals surface area contributed by atoms with E-state index >= 15 is 0 Å². The molecule has 0 aliphatic heterocycles. The molecule has 0 aliphatic carbocycles. The summed E-state index contributed by atoms with van der Waals surface area (Å²) in [5.74, 6) is -0.236. The molecular weight excluding hydrogens is 168 g/mol. The molecule has 74 valence electrons. The van der Waals surface area contributed by atoms with E-state index in [1.807, 2.05) is 6.08 Å². The lowest BCUT2D eigenvalue weighted by molar-refractivity contribution is -0.141. The standard InChI is InChI=1S/C10H16O3/c1-9(8-11)6-4-3-5-7-13-10(2)12/h6,8H,3-5,7H2,1-2H3/b9-6+. The summed E-state index contributed by atoms with van der Waals surface area (Å²) in [7, 11) is 0. The average Bonchev–Trinajstić information content (AvgIpc) is 2.10. The van der Waals surface area contributed by atoms with Gasteiger partial charge in [-0.15, -0.1) is 0 Å². The van der Waals surface area contributed by atoms with Crippen molar-refractivity contribution in [3.63, 3.8) is 0 Å². The molecule has 0 saturated carbocycles. The van der Waals surface area contributed by atoms with Crippen molar-refractivity contribution in [1.82, 2.24) is 0 Å². The SMILES string of the molecule is CC(=O)OCCCC/C=C(\C)C=O. The fourth-order valence-corrected chi connectivity index (χ4v) is 0.840. The Hall–Kier alpha value is -1.12. The van der Waals surface area contributed by atoms with Crippen molar-refractivity contribution in [3.8, 4) is 0 Å². The number of hydrogen-bond acceptors (Lipinski definition) is 3. The second-order valence-electron chi connectivity index (χ2n) is 2.90. The average molecular weight is 184 g/mol. The van der Waals surface area contributed by atoms with Gasteiger partial charge in [-0.3, -0.25) is 9.59 Å². The Labute approximate surface area is 78.8 Å². The number of rotatable bonds is 6. The molecule has 0 unspecified atom stereocenters. The molecule has 0 saturated heterocycles. The smallest absolute Gasteiger partial charge is 0.302 e. The predicted octanol–water partition coefficient (Wildman–Crippen LogP) is 1.86. The summed E-state index contributed by atoms with van der Waals surface area (Å²) in [4.78, 5) is 20.5. The summed E-state index contributed by atoms with van der Waals surface area (Å²) in [6.45, 7) is 3.65. The predicted molar refractivity (Wildman–Crippen MR) is 50.3 cm³/mol. The van der Waals surface area contributed by atoms with Gasteiger partial charge in [0.2, 0.25) is 0 Å². The van der Waals surface area contributed by atoms with Gasteiger partial charge in [0.1, 0.15) is 6.29 Å². The van der Waals surface area contributed by atoms with E-state index in [1.165, 1.54) is 6.92 Å².